The summed E-state index contributed by atoms with van der Waals surface area (Å²) < 4.78 is 13.4. The Morgan fingerprint density at radius 3 is 2.61 bits per heavy atom. The summed E-state index contributed by atoms with van der Waals surface area (Å²) in [6, 6.07) is 7.67. The minimum atomic E-state index is -0.120. The molecule has 1 saturated carbocycles. The number of rotatable bonds is 4. The molecule has 0 heterocycles. The molecule has 1 N–H and O–H groups in total. The second-order valence-corrected chi connectivity index (χ2v) is 5.79. The second-order valence-electron chi connectivity index (χ2n) is 5.79. The van der Waals surface area contributed by atoms with E-state index in [1.165, 1.54) is 6.07 Å². The lowest BCUT2D eigenvalue weighted by atomic mass is 9.48. The summed E-state index contributed by atoms with van der Waals surface area (Å²) in [5.41, 5.74) is 1.39. The van der Waals surface area contributed by atoms with Crippen LogP contribution in [0.25, 0.3) is 0 Å². The molecule has 0 spiro atoms. The van der Waals surface area contributed by atoms with Gasteiger partial charge in [0.15, 0.2) is 0 Å². The van der Waals surface area contributed by atoms with Crippen molar-refractivity contribution in [2.75, 3.05) is 6.54 Å². The van der Waals surface area contributed by atoms with Gasteiger partial charge in [0, 0.05) is 6.04 Å². The first-order valence-corrected chi connectivity index (χ1v) is 7.03. The lowest BCUT2D eigenvalue weighted by Crippen LogP contribution is -2.62. The van der Waals surface area contributed by atoms with Gasteiger partial charge in [-0.1, -0.05) is 39.8 Å². The van der Waals surface area contributed by atoms with Crippen molar-refractivity contribution in [1.29, 1.82) is 0 Å². The first-order chi connectivity index (χ1) is 8.54. The van der Waals surface area contributed by atoms with Crippen molar-refractivity contribution in [2.45, 2.75) is 46.1 Å². The lowest BCUT2D eigenvalue weighted by Gasteiger charge is -2.60. The highest BCUT2D eigenvalue weighted by Crippen LogP contribution is 2.58. The summed E-state index contributed by atoms with van der Waals surface area (Å²) in [5, 5.41) is 3.59. The molecule has 0 saturated heterocycles. The lowest BCUT2D eigenvalue weighted by molar-refractivity contribution is -0.0188. The third-order valence-corrected chi connectivity index (χ3v) is 4.87. The zero-order valence-corrected chi connectivity index (χ0v) is 11.8. The van der Waals surface area contributed by atoms with Crippen molar-refractivity contribution >= 4 is 0 Å². The van der Waals surface area contributed by atoms with E-state index in [1.54, 1.807) is 6.07 Å². The molecule has 0 aliphatic heterocycles. The van der Waals surface area contributed by atoms with Gasteiger partial charge < -0.3 is 5.32 Å². The predicted octanol–water partition coefficient (Wildman–Crippen LogP) is 3.95. The van der Waals surface area contributed by atoms with E-state index in [0.29, 0.717) is 17.9 Å². The van der Waals surface area contributed by atoms with Crippen molar-refractivity contribution in [3.8, 4) is 0 Å². The fourth-order valence-electron chi connectivity index (χ4n) is 3.93. The van der Waals surface area contributed by atoms with Crippen LogP contribution >= 0.6 is 0 Å². The van der Waals surface area contributed by atoms with Gasteiger partial charge in [-0.05, 0) is 47.9 Å². The molecule has 2 heteroatoms. The van der Waals surface area contributed by atoms with Crippen LogP contribution in [0.5, 0.6) is 0 Å². The van der Waals surface area contributed by atoms with Crippen LogP contribution in [0.1, 0.15) is 45.6 Å². The van der Waals surface area contributed by atoms with Crippen LogP contribution in [0.3, 0.4) is 0 Å². The fourth-order valence-corrected chi connectivity index (χ4v) is 3.93. The zero-order valence-electron chi connectivity index (χ0n) is 11.8. The van der Waals surface area contributed by atoms with Gasteiger partial charge in [-0.15, -0.1) is 0 Å². The Balaban J connectivity index is 2.28. The average Bonchev–Trinajstić information content (AvgIpc) is 2.36. The van der Waals surface area contributed by atoms with Gasteiger partial charge in [0.25, 0.3) is 0 Å². The van der Waals surface area contributed by atoms with E-state index in [0.717, 1.165) is 18.5 Å². The average molecular weight is 249 g/mol. The minimum Gasteiger partial charge on any atom is -0.313 e. The van der Waals surface area contributed by atoms with Gasteiger partial charge in [-0.2, -0.15) is 0 Å². The van der Waals surface area contributed by atoms with Gasteiger partial charge in [-0.3, -0.25) is 0 Å². The summed E-state index contributed by atoms with van der Waals surface area (Å²) in [5.74, 6) is 0.906. The Bertz CT molecular complexity index is 417. The molecule has 18 heavy (non-hydrogen) atoms. The van der Waals surface area contributed by atoms with E-state index in [4.69, 9.17) is 0 Å². The van der Waals surface area contributed by atoms with E-state index >= 15 is 0 Å². The topological polar surface area (TPSA) is 12.0 Å². The molecule has 100 valence electrons. The molecule has 1 fully saturated rings. The molecule has 4 atom stereocenters. The van der Waals surface area contributed by atoms with Gasteiger partial charge in [0.1, 0.15) is 5.82 Å². The van der Waals surface area contributed by atoms with Crippen LogP contribution in [0.15, 0.2) is 24.3 Å². The number of benzene rings is 1. The molecule has 1 aromatic carbocycles. The highest BCUT2D eigenvalue weighted by molar-refractivity contribution is 5.30. The zero-order chi connectivity index (χ0) is 13.3. The van der Waals surface area contributed by atoms with Crippen LogP contribution in [-0.4, -0.2) is 12.6 Å². The van der Waals surface area contributed by atoms with Gasteiger partial charge in [-0.25, -0.2) is 4.39 Å². The van der Waals surface area contributed by atoms with E-state index in [2.05, 4.69) is 39.1 Å². The maximum absolute atomic E-state index is 13.4. The van der Waals surface area contributed by atoms with Gasteiger partial charge in [0.2, 0.25) is 0 Å². The van der Waals surface area contributed by atoms with Crippen LogP contribution in [-0.2, 0) is 0 Å². The van der Waals surface area contributed by atoms with Crippen molar-refractivity contribution < 1.29 is 4.39 Å². The van der Waals surface area contributed by atoms with E-state index < -0.39 is 0 Å². The summed E-state index contributed by atoms with van der Waals surface area (Å²) in [6.45, 7) is 10.00. The molecule has 1 aromatic rings. The first-order valence-electron chi connectivity index (χ1n) is 7.03. The molecule has 1 aliphatic rings. The Kier molecular flexibility index (Phi) is 3.76. The van der Waals surface area contributed by atoms with Crippen molar-refractivity contribution in [3.63, 3.8) is 0 Å². The Morgan fingerprint density at radius 1 is 1.33 bits per heavy atom. The Labute approximate surface area is 110 Å². The predicted molar refractivity (Wildman–Crippen MR) is 74.2 cm³/mol. The number of hydrogen-bond acceptors (Lipinski definition) is 1. The molecule has 4 unspecified atom stereocenters. The van der Waals surface area contributed by atoms with E-state index in [9.17, 15) is 4.39 Å². The highest BCUT2D eigenvalue weighted by atomic mass is 19.1. The van der Waals surface area contributed by atoms with E-state index in [-0.39, 0.29) is 11.2 Å². The second kappa shape index (κ2) is 5.00. The number of nitrogens with one attached hydrogen (secondary N) is 1. The molecule has 1 nitrogen and oxygen atoms in total. The van der Waals surface area contributed by atoms with Gasteiger partial charge in [0.05, 0.1) is 0 Å². The summed E-state index contributed by atoms with van der Waals surface area (Å²) in [4.78, 5) is 0. The quantitative estimate of drug-likeness (QED) is 0.852. The van der Waals surface area contributed by atoms with Crippen LogP contribution in [0.2, 0.25) is 0 Å². The van der Waals surface area contributed by atoms with E-state index in [1.807, 2.05) is 6.07 Å². The normalized spacial score (nSPS) is 35.3. The molecule has 0 amide bonds. The summed E-state index contributed by atoms with van der Waals surface area (Å²) in [7, 11) is 0. The van der Waals surface area contributed by atoms with Crippen LogP contribution in [0, 0.1) is 17.2 Å². The first kappa shape index (κ1) is 13.5. The standard InChI is InChI=1S/C16H24FN/c1-5-16(4)14(11(3)15(16)18-6-2)12-8-7-9-13(17)10-12/h7-11,14-15,18H,5-6H2,1-4H3. The molecular formula is C16H24FN. The molecule has 2 rings (SSSR count). The SMILES string of the molecule is CCNC1C(C)C(c2cccc(F)c2)C1(C)CC. The summed E-state index contributed by atoms with van der Waals surface area (Å²) >= 11 is 0. The monoisotopic (exact) mass is 249 g/mol. The van der Waals surface area contributed by atoms with Crippen LogP contribution in [0.4, 0.5) is 4.39 Å². The maximum Gasteiger partial charge on any atom is 0.123 e. The maximum atomic E-state index is 13.4. The van der Waals surface area contributed by atoms with Crippen molar-refractivity contribution in [2.24, 2.45) is 11.3 Å². The third kappa shape index (κ3) is 1.97. The molecule has 0 bridgehead atoms. The molecule has 0 radical (unpaired) electrons. The minimum absolute atomic E-state index is 0.120. The fraction of sp³-hybridized carbons (Fsp3) is 0.625. The smallest absolute Gasteiger partial charge is 0.123 e. The highest BCUT2D eigenvalue weighted by Gasteiger charge is 2.55. The number of hydrogen-bond donors (Lipinski definition) is 1. The van der Waals surface area contributed by atoms with Crippen LogP contribution < -0.4 is 5.32 Å². The molecule has 0 aromatic heterocycles. The Hall–Kier alpha value is -0.890. The largest absolute Gasteiger partial charge is 0.313 e. The molecule has 1 aliphatic carbocycles. The number of halogens is 1. The Morgan fingerprint density at radius 2 is 2.06 bits per heavy atom. The van der Waals surface area contributed by atoms with Crippen molar-refractivity contribution in [1.82, 2.24) is 5.32 Å². The molecular weight excluding hydrogens is 225 g/mol. The van der Waals surface area contributed by atoms with Gasteiger partial charge >= 0.3 is 0 Å². The summed E-state index contributed by atoms with van der Waals surface area (Å²) in [6.07, 6.45) is 1.12. The third-order valence-electron chi connectivity index (χ3n) is 4.87. The van der Waals surface area contributed by atoms with Crippen molar-refractivity contribution in [3.05, 3.63) is 35.6 Å².